The van der Waals surface area contributed by atoms with Crippen molar-refractivity contribution in [2.45, 2.75) is 26.7 Å². The molecule has 0 aliphatic carbocycles. The Morgan fingerprint density at radius 1 is 0.867 bits per heavy atom. The molecule has 0 aromatic heterocycles. The zero-order valence-corrected chi connectivity index (χ0v) is 21.3. The SMILES string of the molecule is CCc1[c-]c(CC)ccc1.[CH3-].[Y].[Y].[Y].[Y]. The van der Waals surface area contributed by atoms with Crippen molar-refractivity contribution in [3.05, 3.63) is 42.8 Å². The first-order valence-corrected chi connectivity index (χ1v) is 3.87. The van der Waals surface area contributed by atoms with Crippen molar-refractivity contribution >= 4 is 0 Å². The minimum absolute atomic E-state index is 0. The summed E-state index contributed by atoms with van der Waals surface area (Å²) in [5.41, 5.74) is 2.64. The molecular weight excluding hydrogens is 488 g/mol. The summed E-state index contributed by atoms with van der Waals surface area (Å²) < 4.78 is 0. The van der Waals surface area contributed by atoms with Crippen molar-refractivity contribution < 1.29 is 131 Å². The maximum absolute atomic E-state index is 3.34. The molecule has 15 heavy (non-hydrogen) atoms. The van der Waals surface area contributed by atoms with Gasteiger partial charge in [-0.05, 0) is 0 Å². The molecule has 0 unspecified atom stereocenters. The van der Waals surface area contributed by atoms with E-state index in [1.165, 1.54) is 11.1 Å². The van der Waals surface area contributed by atoms with Gasteiger partial charge >= 0.3 is 0 Å². The number of hydrogen-bond donors (Lipinski definition) is 0. The fourth-order valence-corrected chi connectivity index (χ4v) is 0.982. The molecule has 0 spiro atoms. The van der Waals surface area contributed by atoms with Gasteiger partial charge in [0.05, 0.1) is 0 Å². The molecule has 4 radical (unpaired) electrons. The van der Waals surface area contributed by atoms with Gasteiger partial charge < -0.3 is 7.43 Å². The zero-order chi connectivity index (χ0) is 7.40. The van der Waals surface area contributed by atoms with Crippen LogP contribution in [-0.2, 0) is 144 Å². The Bertz CT molecular complexity index is 194. The number of benzene rings is 1. The molecular formula is C11H16Y4-2. The van der Waals surface area contributed by atoms with Gasteiger partial charge in [-0.2, -0.15) is 35.4 Å². The standard InChI is InChI=1S/C10H13.CH3.4Y/c1-3-9-6-5-7-10(4-2)8-9;;;;;/h5-7H,3-4H2,1-2H3;1H3;;;;/q2*-1;;;;. The van der Waals surface area contributed by atoms with Crippen molar-refractivity contribution in [2.75, 3.05) is 0 Å². The van der Waals surface area contributed by atoms with Crippen LogP contribution in [0.4, 0.5) is 0 Å². The molecule has 1 aromatic carbocycles. The second-order valence-corrected chi connectivity index (χ2v) is 2.41. The van der Waals surface area contributed by atoms with E-state index in [2.05, 4.69) is 38.1 Å². The van der Waals surface area contributed by atoms with Crippen molar-refractivity contribution in [1.82, 2.24) is 0 Å². The van der Waals surface area contributed by atoms with Crippen LogP contribution in [0, 0.1) is 13.5 Å². The first-order chi connectivity index (χ1) is 4.86. The Morgan fingerprint density at radius 2 is 1.20 bits per heavy atom. The van der Waals surface area contributed by atoms with Crippen molar-refractivity contribution in [2.24, 2.45) is 0 Å². The number of aryl methyl sites for hydroxylation is 2. The first-order valence-electron chi connectivity index (χ1n) is 3.87. The molecule has 0 N–H and O–H groups in total. The third kappa shape index (κ3) is 13.9. The molecule has 0 nitrogen and oxygen atoms in total. The predicted octanol–water partition coefficient (Wildman–Crippen LogP) is 3.05. The van der Waals surface area contributed by atoms with Gasteiger partial charge in [-0.15, -0.1) is 0 Å². The molecule has 0 heterocycles. The first kappa shape index (κ1) is 31.2. The zero-order valence-electron chi connectivity index (χ0n) is 9.96. The average molecular weight is 504 g/mol. The van der Waals surface area contributed by atoms with Gasteiger partial charge in [-0.1, -0.05) is 26.7 Å². The predicted molar refractivity (Wildman–Crippen MR) is 50.4 cm³/mol. The van der Waals surface area contributed by atoms with E-state index in [9.17, 15) is 0 Å². The van der Waals surface area contributed by atoms with Gasteiger partial charge in [0.15, 0.2) is 0 Å². The molecule has 74 valence electrons. The van der Waals surface area contributed by atoms with Crippen LogP contribution >= 0.6 is 0 Å². The second-order valence-electron chi connectivity index (χ2n) is 2.41. The summed E-state index contributed by atoms with van der Waals surface area (Å²) in [7, 11) is 0. The fraction of sp³-hybridized carbons (Fsp3) is 0.364. The van der Waals surface area contributed by atoms with Gasteiger partial charge in [0.1, 0.15) is 0 Å². The minimum atomic E-state index is 0. The van der Waals surface area contributed by atoms with E-state index in [4.69, 9.17) is 0 Å². The summed E-state index contributed by atoms with van der Waals surface area (Å²) in [6.45, 7) is 4.32. The molecule has 0 saturated heterocycles. The van der Waals surface area contributed by atoms with E-state index in [0.717, 1.165) is 12.8 Å². The summed E-state index contributed by atoms with van der Waals surface area (Å²) in [4.78, 5) is 0. The summed E-state index contributed by atoms with van der Waals surface area (Å²) in [5.74, 6) is 0. The van der Waals surface area contributed by atoms with E-state index in [1.807, 2.05) is 0 Å². The molecule has 0 aliphatic rings. The van der Waals surface area contributed by atoms with Crippen LogP contribution in [0.25, 0.3) is 0 Å². The van der Waals surface area contributed by atoms with Crippen LogP contribution in [0.2, 0.25) is 0 Å². The largest absolute Gasteiger partial charge is 0.358 e. The molecule has 1 rings (SSSR count). The average Bonchev–Trinajstić information content (AvgIpc) is 2.05. The maximum Gasteiger partial charge on any atom is 0 e. The van der Waals surface area contributed by atoms with Gasteiger partial charge in [-0.3, -0.25) is 0 Å². The van der Waals surface area contributed by atoms with Crippen LogP contribution in [0.1, 0.15) is 25.0 Å². The van der Waals surface area contributed by atoms with Crippen molar-refractivity contribution in [3.8, 4) is 0 Å². The quantitative estimate of drug-likeness (QED) is 0.544. The second kappa shape index (κ2) is 20.0. The van der Waals surface area contributed by atoms with Gasteiger partial charge in [0.2, 0.25) is 0 Å². The topological polar surface area (TPSA) is 0 Å². The van der Waals surface area contributed by atoms with Crippen LogP contribution in [0.3, 0.4) is 0 Å². The fourth-order valence-electron chi connectivity index (χ4n) is 0.982. The Balaban J connectivity index is -0.0000000667. The van der Waals surface area contributed by atoms with Gasteiger partial charge in [0, 0.05) is 131 Å². The number of hydrogen-bond acceptors (Lipinski definition) is 0. The molecule has 0 saturated carbocycles. The van der Waals surface area contributed by atoms with Crippen LogP contribution in [0.15, 0.2) is 18.2 Å². The monoisotopic (exact) mass is 504 g/mol. The van der Waals surface area contributed by atoms with Crippen LogP contribution in [-0.4, -0.2) is 0 Å². The van der Waals surface area contributed by atoms with Crippen molar-refractivity contribution in [1.29, 1.82) is 0 Å². The maximum atomic E-state index is 3.34. The van der Waals surface area contributed by atoms with Crippen LogP contribution < -0.4 is 0 Å². The summed E-state index contributed by atoms with van der Waals surface area (Å²) >= 11 is 0. The third-order valence-electron chi connectivity index (χ3n) is 1.68. The summed E-state index contributed by atoms with van der Waals surface area (Å²) in [6.07, 6.45) is 2.18. The Hall–Kier alpha value is 3.64. The third-order valence-corrected chi connectivity index (χ3v) is 1.68. The Morgan fingerprint density at radius 3 is 1.47 bits per heavy atom. The van der Waals surface area contributed by atoms with Crippen molar-refractivity contribution in [3.63, 3.8) is 0 Å². The van der Waals surface area contributed by atoms with Gasteiger partial charge in [-0.25, -0.2) is 0 Å². The van der Waals surface area contributed by atoms with E-state index in [0.29, 0.717) is 0 Å². The normalized spacial score (nSPS) is 6.53. The molecule has 4 heteroatoms. The molecule has 1 aromatic rings. The smallest absolute Gasteiger partial charge is 0 e. The molecule has 0 fully saturated rings. The van der Waals surface area contributed by atoms with E-state index in [1.54, 1.807) is 0 Å². The van der Waals surface area contributed by atoms with Crippen LogP contribution in [0.5, 0.6) is 0 Å². The molecule has 0 amide bonds. The molecule has 0 bridgehead atoms. The Labute approximate surface area is 196 Å². The van der Waals surface area contributed by atoms with Gasteiger partial charge in [0.25, 0.3) is 0 Å². The minimum Gasteiger partial charge on any atom is -0.358 e. The molecule has 0 atom stereocenters. The molecule has 0 aliphatic heterocycles. The Kier molecular flexibility index (Phi) is 41.5. The number of rotatable bonds is 2. The van der Waals surface area contributed by atoms with E-state index >= 15 is 0 Å². The summed E-state index contributed by atoms with van der Waals surface area (Å²) in [5, 5.41) is 0. The van der Waals surface area contributed by atoms with E-state index in [-0.39, 0.29) is 138 Å². The summed E-state index contributed by atoms with van der Waals surface area (Å²) in [6, 6.07) is 9.70. The van der Waals surface area contributed by atoms with E-state index < -0.39 is 0 Å².